The summed E-state index contributed by atoms with van der Waals surface area (Å²) in [5.41, 5.74) is 0.505. The maximum atomic E-state index is 13.2. The zero-order valence-electron chi connectivity index (χ0n) is 19.6. The van der Waals surface area contributed by atoms with E-state index in [9.17, 15) is 9.59 Å². The van der Waals surface area contributed by atoms with E-state index >= 15 is 0 Å². The number of terminal acetylenes is 1. The lowest BCUT2D eigenvalue weighted by molar-refractivity contribution is -0.140. The zero-order valence-corrected chi connectivity index (χ0v) is 19.6. The highest BCUT2D eigenvalue weighted by atomic mass is 16.6. The maximum absolute atomic E-state index is 13.2. The Kier molecular flexibility index (Phi) is 10.0. The number of nitrogens with zero attached hydrogens (tertiary/aromatic N) is 1. The normalized spacial score (nSPS) is 21.2. The number of rotatable bonds is 10. The summed E-state index contributed by atoms with van der Waals surface area (Å²) in [4.78, 5) is 27.4. The third kappa shape index (κ3) is 8.18. The van der Waals surface area contributed by atoms with E-state index in [2.05, 4.69) is 23.4 Å². The quantitative estimate of drug-likeness (QED) is 0.442. The first-order valence-corrected chi connectivity index (χ1v) is 11.2. The van der Waals surface area contributed by atoms with Crippen LogP contribution >= 0.6 is 0 Å². The fourth-order valence-corrected chi connectivity index (χ4v) is 3.83. The van der Waals surface area contributed by atoms with Crippen molar-refractivity contribution in [2.45, 2.75) is 64.1 Å². The molecule has 0 aliphatic carbocycles. The van der Waals surface area contributed by atoms with Crippen LogP contribution in [0.15, 0.2) is 30.3 Å². The largest absolute Gasteiger partial charge is 0.444 e. The van der Waals surface area contributed by atoms with Crippen LogP contribution in [0.4, 0.5) is 4.79 Å². The van der Waals surface area contributed by atoms with Gasteiger partial charge in [0.15, 0.2) is 0 Å². The smallest absolute Gasteiger partial charge is 0.408 e. The van der Waals surface area contributed by atoms with Crippen molar-refractivity contribution >= 4 is 12.0 Å². The second-order valence-electron chi connectivity index (χ2n) is 8.95. The summed E-state index contributed by atoms with van der Waals surface area (Å²) in [6, 6.07) is 9.40. The number of likely N-dealkylation sites (tertiary alicyclic amines) is 1. The van der Waals surface area contributed by atoms with Crippen LogP contribution in [0.1, 0.15) is 52.0 Å². The Morgan fingerprint density at radius 1 is 1.19 bits per heavy atom. The predicted octanol–water partition coefficient (Wildman–Crippen LogP) is 3.34. The van der Waals surface area contributed by atoms with E-state index in [0.717, 1.165) is 12.0 Å². The zero-order chi connectivity index (χ0) is 23.6. The highest BCUT2D eigenvalue weighted by molar-refractivity contribution is 5.87. The molecule has 32 heavy (non-hydrogen) atoms. The highest BCUT2D eigenvalue weighted by Crippen LogP contribution is 2.33. The summed E-state index contributed by atoms with van der Waals surface area (Å²) < 4.78 is 16.3. The van der Waals surface area contributed by atoms with Crippen LogP contribution in [0.5, 0.6) is 0 Å². The number of alkyl carbamates (subject to hydrolysis) is 1. The Hall–Kier alpha value is -2.56. The molecule has 0 spiro atoms. The number of nitrogens with one attached hydrogen (secondary N) is 1. The predicted molar refractivity (Wildman–Crippen MR) is 123 cm³/mol. The third-order valence-electron chi connectivity index (χ3n) is 5.30. The van der Waals surface area contributed by atoms with E-state index < -0.39 is 17.7 Å². The highest BCUT2D eigenvalue weighted by Gasteiger charge is 2.41. The lowest BCUT2D eigenvalue weighted by atomic mass is 9.82. The van der Waals surface area contributed by atoms with Gasteiger partial charge in [-0.25, -0.2) is 4.79 Å². The number of benzene rings is 1. The molecule has 1 aliphatic heterocycles. The first kappa shape index (κ1) is 25.7. The van der Waals surface area contributed by atoms with Crippen LogP contribution in [0.25, 0.3) is 0 Å². The van der Waals surface area contributed by atoms with Gasteiger partial charge in [0.1, 0.15) is 18.2 Å². The van der Waals surface area contributed by atoms with Crippen LogP contribution in [-0.4, -0.2) is 67.6 Å². The monoisotopic (exact) mass is 444 g/mol. The first-order chi connectivity index (χ1) is 15.2. The molecule has 176 valence electrons. The Balaban J connectivity index is 2.01. The number of hydrogen-bond donors (Lipinski definition) is 1. The molecule has 0 bridgehead atoms. The summed E-state index contributed by atoms with van der Waals surface area (Å²) in [6.45, 7) is 9.67. The van der Waals surface area contributed by atoms with E-state index in [1.807, 2.05) is 25.1 Å². The standard InChI is InChI=1S/C25H36N2O5/c1-6-14-30-15-10-16-31-17-13-27-19(2)21(20-11-8-7-9-12-20)18-22(23(27)28)26-24(29)32-25(3,4)5/h1,7-9,11-12,19,21-22H,10,13-18H2,2-5H3,(H,26,29). The van der Waals surface area contributed by atoms with Gasteiger partial charge in [0.2, 0.25) is 5.91 Å². The van der Waals surface area contributed by atoms with Crippen molar-refractivity contribution in [3.63, 3.8) is 0 Å². The molecule has 1 saturated heterocycles. The summed E-state index contributed by atoms with van der Waals surface area (Å²) in [5.74, 6) is 2.40. The topological polar surface area (TPSA) is 77.1 Å². The SMILES string of the molecule is C#CCOCCCOCCN1C(=O)C(NC(=O)OC(C)(C)C)CC(c2ccccc2)C1C. The van der Waals surface area contributed by atoms with Crippen LogP contribution < -0.4 is 5.32 Å². The molecule has 0 aromatic heterocycles. The van der Waals surface area contributed by atoms with Crippen LogP contribution in [0.3, 0.4) is 0 Å². The van der Waals surface area contributed by atoms with Crippen molar-refractivity contribution < 1.29 is 23.8 Å². The molecule has 1 heterocycles. The summed E-state index contributed by atoms with van der Waals surface area (Å²) in [6.07, 6.45) is 5.82. The maximum Gasteiger partial charge on any atom is 0.408 e. The Morgan fingerprint density at radius 2 is 1.88 bits per heavy atom. The molecule has 3 unspecified atom stereocenters. The minimum absolute atomic E-state index is 0.0239. The minimum atomic E-state index is -0.650. The van der Waals surface area contributed by atoms with Gasteiger partial charge in [-0.3, -0.25) is 4.79 Å². The average Bonchev–Trinajstić information content (AvgIpc) is 2.73. The second-order valence-corrected chi connectivity index (χ2v) is 8.95. The van der Waals surface area contributed by atoms with E-state index in [-0.39, 0.29) is 17.9 Å². The molecule has 0 radical (unpaired) electrons. The molecule has 1 aliphatic rings. The van der Waals surface area contributed by atoms with Crippen molar-refractivity contribution in [1.82, 2.24) is 10.2 Å². The van der Waals surface area contributed by atoms with Gasteiger partial charge in [-0.2, -0.15) is 0 Å². The summed E-state index contributed by atoms with van der Waals surface area (Å²) in [7, 11) is 0. The van der Waals surface area contributed by atoms with E-state index in [4.69, 9.17) is 20.6 Å². The van der Waals surface area contributed by atoms with Gasteiger partial charge < -0.3 is 24.4 Å². The molecule has 3 atom stereocenters. The van der Waals surface area contributed by atoms with E-state index in [1.54, 1.807) is 25.7 Å². The van der Waals surface area contributed by atoms with Crippen molar-refractivity contribution in [3.05, 3.63) is 35.9 Å². The molecular weight excluding hydrogens is 408 g/mol. The van der Waals surface area contributed by atoms with Crippen LogP contribution in [-0.2, 0) is 19.0 Å². The van der Waals surface area contributed by atoms with Crippen molar-refractivity contribution in [1.29, 1.82) is 0 Å². The average molecular weight is 445 g/mol. The number of carbonyl (C=O) groups excluding carboxylic acids is 2. The number of ether oxygens (including phenoxy) is 3. The molecule has 1 aromatic rings. The lowest BCUT2D eigenvalue weighted by Gasteiger charge is -2.43. The number of amides is 2. The summed E-state index contributed by atoms with van der Waals surface area (Å²) in [5, 5.41) is 2.78. The second kappa shape index (κ2) is 12.5. The molecule has 0 saturated carbocycles. The lowest BCUT2D eigenvalue weighted by Crippen LogP contribution is -2.59. The molecule has 1 fully saturated rings. The van der Waals surface area contributed by atoms with Crippen molar-refractivity contribution in [2.24, 2.45) is 0 Å². The minimum Gasteiger partial charge on any atom is -0.444 e. The van der Waals surface area contributed by atoms with Gasteiger partial charge in [0.05, 0.1) is 13.2 Å². The molecular formula is C25H36N2O5. The Labute approximate surface area is 191 Å². The molecule has 1 aromatic carbocycles. The fraction of sp³-hybridized carbons (Fsp3) is 0.600. The van der Waals surface area contributed by atoms with Gasteiger partial charge in [0.25, 0.3) is 0 Å². The van der Waals surface area contributed by atoms with Crippen molar-refractivity contribution in [3.8, 4) is 12.3 Å². The molecule has 2 rings (SSSR count). The number of hydrogen-bond acceptors (Lipinski definition) is 5. The van der Waals surface area contributed by atoms with E-state index in [1.165, 1.54) is 0 Å². The van der Waals surface area contributed by atoms with Crippen LogP contribution in [0, 0.1) is 12.3 Å². The Bertz CT molecular complexity index is 769. The van der Waals surface area contributed by atoms with Gasteiger partial charge in [-0.1, -0.05) is 36.3 Å². The number of piperidine rings is 1. The summed E-state index contributed by atoms with van der Waals surface area (Å²) >= 11 is 0. The molecule has 7 heteroatoms. The first-order valence-electron chi connectivity index (χ1n) is 11.2. The Morgan fingerprint density at radius 3 is 2.53 bits per heavy atom. The van der Waals surface area contributed by atoms with Gasteiger partial charge in [-0.15, -0.1) is 6.42 Å². The fourth-order valence-electron chi connectivity index (χ4n) is 3.83. The van der Waals surface area contributed by atoms with Gasteiger partial charge in [-0.05, 0) is 46.1 Å². The molecule has 2 amide bonds. The third-order valence-corrected chi connectivity index (χ3v) is 5.30. The number of carbonyl (C=O) groups is 2. The van der Waals surface area contributed by atoms with Gasteiger partial charge in [0, 0.05) is 25.1 Å². The van der Waals surface area contributed by atoms with E-state index in [0.29, 0.717) is 39.4 Å². The molecule has 1 N–H and O–H groups in total. The van der Waals surface area contributed by atoms with Gasteiger partial charge >= 0.3 is 6.09 Å². The van der Waals surface area contributed by atoms with Crippen molar-refractivity contribution in [2.75, 3.05) is 33.0 Å². The van der Waals surface area contributed by atoms with Crippen LogP contribution in [0.2, 0.25) is 0 Å². The molecule has 7 nitrogen and oxygen atoms in total.